The van der Waals surface area contributed by atoms with Gasteiger partial charge in [-0.2, -0.15) is 5.26 Å². The van der Waals surface area contributed by atoms with Gasteiger partial charge in [0.25, 0.3) is 0 Å². The summed E-state index contributed by atoms with van der Waals surface area (Å²) in [7, 11) is 0.202. The molecule has 0 radical (unpaired) electrons. The quantitative estimate of drug-likeness (QED) is 0.410. The topological polar surface area (TPSA) is 84.1 Å². The Kier molecular flexibility index (Phi) is 9.43. The second-order valence-corrected chi connectivity index (χ2v) is 9.04. The van der Waals surface area contributed by atoms with Crippen LogP contribution in [0.4, 0.5) is 5.69 Å². The predicted molar refractivity (Wildman–Crippen MR) is 142 cm³/mol. The number of allylic oxidation sites excluding steroid dienone is 4. The Morgan fingerprint density at radius 1 is 1.21 bits per heavy atom. The molecule has 2 aromatic carbocycles. The minimum atomic E-state index is -3.36. The number of rotatable bonds is 8. The maximum Gasteiger partial charge on any atom is 0.229 e. The van der Waals surface area contributed by atoms with Gasteiger partial charge < -0.3 is 9.30 Å². The van der Waals surface area contributed by atoms with E-state index in [1.54, 1.807) is 37.5 Å². The Hall–Kier alpha value is -3.60. The number of nitrogens with one attached hydrogen (secondary N) is 1. The third-order valence-electron chi connectivity index (χ3n) is 4.99. The van der Waals surface area contributed by atoms with Crippen molar-refractivity contribution in [2.45, 2.75) is 13.8 Å². The maximum atomic E-state index is 11.5. The van der Waals surface area contributed by atoms with Crippen LogP contribution in [0.3, 0.4) is 0 Å². The standard InChI is InChI=1S/C25H25N3O3S.C2H6/c1-5-6-7-18(14-15-31-3)20-10-13-24-22(16-20)23(17-26)25(28(24)2)19-8-11-21(12-9-19)27-32(4,29)30;1-2/h5-14,16,27H,1,15H2,2-4H3;1-2H3/b7-6-,18-14+;. The van der Waals surface area contributed by atoms with Gasteiger partial charge in [0.05, 0.1) is 24.1 Å². The lowest BCUT2D eigenvalue weighted by Crippen LogP contribution is -2.09. The Morgan fingerprint density at radius 3 is 2.44 bits per heavy atom. The first kappa shape index (κ1) is 26.7. The van der Waals surface area contributed by atoms with Crippen molar-refractivity contribution >= 4 is 32.2 Å². The first-order chi connectivity index (χ1) is 16.3. The molecular formula is C27H31N3O3S. The van der Waals surface area contributed by atoms with E-state index in [0.29, 0.717) is 17.9 Å². The summed E-state index contributed by atoms with van der Waals surface area (Å²) < 4.78 is 32.6. The molecule has 1 aromatic heterocycles. The van der Waals surface area contributed by atoms with Crippen molar-refractivity contribution in [3.05, 3.63) is 84.5 Å². The third-order valence-corrected chi connectivity index (χ3v) is 5.59. The summed E-state index contributed by atoms with van der Waals surface area (Å²) >= 11 is 0. The van der Waals surface area contributed by atoms with Crippen LogP contribution in [0.25, 0.3) is 27.7 Å². The molecule has 0 amide bonds. The zero-order valence-electron chi connectivity index (χ0n) is 20.3. The lowest BCUT2D eigenvalue weighted by Gasteiger charge is -2.08. The number of ether oxygens (including phenoxy) is 1. The van der Waals surface area contributed by atoms with Gasteiger partial charge in [-0.1, -0.05) is 62.9 Å². The first-order valence-electron chi connectivity index (χ1n) is 10.9. The fourth-order valence-electron chi connectivity index (χ4n) is 3.61. The van der Waals surface area contributed by atoms with Gasteiger partial charge in [0, 0.05) is 30.7 Å². The van der Waals surface area contributed by atoms with E-state index >= 15 is 0 Å². The van der Waals surface area contributed by atoms with Gasteiger partial charge in [0.15, 0.2) is 0 Å². The number of fused-ring (bicyclic) bond motifs is 1. The molecule has 0 saturated carbocycles. The molecule has 6 nitrogen and oxygen atoms in total. The molecule has 0 unspecified atom stereocenters. The van der Waals surface area contributed by atoms with E-state index in [4.69, 9.17) is 4.74 Å². The smallest absolute Gasteiger partial charge is 0.229 e. The van der Waals surface area contributed by atoms with Gasteiger partial charge in [-0.3, -0.25) is 4.72 Å². The molecule has 0 spiro atoms. The number of hydrogen-bond acceptors (Lipinski definition) is 4. The number of aryl methyl sites for hydroxylation is 1. The number of aromatic nitrogens is 1. The van der Waals surface area contributed by atoms with E-state index in [0.717, 1.165) is 39.6 Å². The molecule has 0 bridgehead atoms. The average molecular weight is 478 g/mol. The molecule has 178 valence electrons. The normalized spacial score (nSPS) is 11.7. The Bertz CT molecular complexity index is 1360. The van der Waals surface area contributed by atoms with E-state index < -0.39 is 10.0 Å². The maximum absolute atomic E-state index is 11.5. The minimum Gasteiger partial charge on any atom is -0.381 e. The van der Waals surface area contributed by atoms with E-state index in [1.807, 2.05) is 61.9 Å². The SMILES string of the molecule is C=C/C=C\C(=C/COC)c1ccc2c(c1)c(C#N)c(-c1ccc(NS(C)(=O)=O)cc1)n2C.CC. The molecule has 0 fully saturated rings. The summed E-state index contributed by atoms with van der Waals surface area (Å²) in [5.74, 6) is 0. The van der Waals surface area contributed by atoms with Gasteiger partial charge >= 0.3 is 0 Å². The second-order valence-electron chi connectivity index (χ2n) is 7.29. The van der Waals surface area contributed by atoms with Crippen molar-refractivity contribution in [1.82, 2.24) is 4.57 Å². The monoisotopic (exact) mass is 477 g/mol. The van der Waals surface area contributed by atoms with Crippen LogP contribution in [0.5, 0.6) is 0 Å². The minimum absolute atomic E-state index is 0.466. The van der Waals surface area contributed by atoms with E-state index in [-0.39, 0.29) is 0 Å². The Morgan fingerprint density at radius 2 is 1.88 bits per heavy atom. The number of methoxy groups -OCH3 is 1. The average Bonchev–Trinajstić information content (AvgIpc) is 3.11. The van der Waals surface area contributed by atoms with Gasteiger partial charge in [0.2, 0.25) is 10.0 Å². The zero-order chi connectivity index (χ0) is 25.3. The number of anilines is 1. The van der Waals surface area contributed by atoms with Gasteiger partial charge in [-0.05, 0) is 41.0 Å². The highest BCUT2D eigenvalue weighted by molar-refractivity contribution is 7.92. The van der Waals surface area contributed by atoms with Crippen molar-refractivity contribution in [1.29, 1.82) is 5.26 Å². The molecule has 0 saturated heterocycles. The van der Waals surface area contributed by atoms with E-state index in [9.17, 15) is 13.7 Å². The van der Waals surface area contributed by atoms with Crippen molar-refractivity contribution in [3.8, 4) is 17.3 Å². The van der Waals surface area contributed by atoms with Crippen LogP contribution in [0.2, 0.25) is 0 Å². The lowest BCUT2D eigenvalue weighted by molar-refractivity contribution is 0.234. The van der Waals surface area contributed by atoms with Crippen LogP contribution in [0, 0.1) is 11.3 Å². The summed E-state index contributed by atoms with van der Waals surface area (Å²) in [5, 5.41) is 10.8. The highest BCUT2D eigenvalue weighted by Crippen LogP contribution is 2.35. The van der Waals surface area contributed by atoms with Crippen LogP contribution >= 0.6 is 0 Å². The Balaban J connectivity index is 0.00000199. The van der Waals surface area contributed by atoms with Crippen molar-refractivity contribution in [2.75, 3.05) is 24.7 Å². The predicted octanol–water partition coefficient (Wildman–Crippen LogP) is 5.89. The van der Waals surface area contributed by atoms with Crippen molar-refractivity contribution in [2.24, 2.45) is 7.05 Å². The fourth-order valence-corrected chi connectivity index (χ4v) is 4.18. The molecule has 3 rings (SSSR count). The second kappa shape index (κ2) is 12.0. The molecule has 0 aliphatic rings. The van der Waals surface area contributed by atoms with Crippen LogP contribution in [-0.2, 0) is 21.8 Å². The molecule has 1 N–H and O–H groups in total. The number of sulfonamides is 1. The third kappa shape index (κ3) is 6.25. The number of hydrogen-bond donors (Lipinski definition) is 1. The zero-order valence-corrected chi connectivity index (χ0v) is 21.1. The first-order valence-corrected chi connectivity index (χ1v) is 12.8. The van der Waals surface area contributed by atoms with E-state index in [2.05, 4.69) is 17.4 Å². The molecule has 34 heavy (non-hydrogen) atoms. The molecule has 0 aliphatic heterocycles. The molecule has 0 aliphatic carbocycles. The van der Waals surface area contributed by atoms with Crippen LogP contribution in [0.15, 0.2) is 73.3 Å². The fraction of sp³-hybridized carbons (Fsp3) is 0.222. The summed E-state index contributed by atoms with van der Waals surface area (Å²) in [4.78, 5) is 0. The molecule has 3 aromatic rings. The van der Waals surface area contributed by atoms with Crippen molar-refractivity contribution < 1.29 is 13.2 Å². The number of benzene rings is 2. The largest absolute Gasteiger partial charge is 0.381 e. The molecule has 0 atom stereocenters. The lowest BCUT2D eigenvalue weighted by atomic mass is 10.0. The van der Waals surface area contributed by atoms with E-state index in [1.165, 1.54) is 0 Å². The van der Waals surface area contributed by atoms with Gasteiger partial charge in [-0.15, -0.1) is 0 Å². The number of nitriles is 1. The van der Waals surface area contributed by atoms with Gasteiger partial charge in [-0.25, -0.2) is 8.42 Å². The summed E-state index contributed by atoms with van der Waals surface area (Å²) in [6, 6.07) is 15.4. The molecule has 7 heteroatoms. The van der Waals surface area contributed by atoms with Crippen LogP contribution in [-0.4, -0.2) is 33.0 Å². The highest BCUT2D eigenvalue weighted by Gasteiger charge is 2.17. The number of nitrogens with zero attached hydrogens (tertiary/aromatic N) is 2. The molecule has 1 heterocycles. The van der Waals surface area contributed by atoms with Crippen LogP contribution < -0.4 is 4.72 Å². The highest BCUT2D eigenvalue weighted by atomic mass is 32.2. The Labute approximate surface area is 202 Å². The summed E-state index contributed by atoms with van der Waals surface area (Å²) in [6.07, 6.45) is 8.61. The summed E-state index contributed by atoms with van der Waals surface area (Å²) in [6.45, 7) is 8.19. The molecular weight excluding hydrogens is 446 g/mol. The van der Waals surface area contributed by atoms with Crippen molar-refractivity contribution in [3.63, 3.8) is 0 Å². The van der Waals surface area contributed by atoms with Gasteiger partial charge in [0.1, 0.15) is 6.07 Å². The summed E-state index contributed by atoms with van der Waals surface area (Å²) in [5.41, 5.74) is 5.49. The van der Waals surface area contributed by atoms with Crippen LogP contribution in [0.1, 0.15) is 25.0 Å².